The van der Waals surface area contributed by atoms with Gasteiger partial charge in [0, 0.05) is 25.5 Å². The molecule has 0 spiro atoms. The second kappa shape index (κ2) is 7.35. The van der Waals surface area contributed by atoms with Crippen LogP contribution in [0.3, 0.4) is 0 Å². The van der Waals surface area contributed by atoms with Crippen LogP contribution in [-0.2, 0) is 4.74 Å². The minimum Gasteiger partial charge on any atom is -0.369 e. The van der Waals surface area contributed by atoms with Crippen LogP contribution in [0.4, 0.5) is 13.2 Å². The summed E-state index contributed by atoms with van der Waals surface area (Å²) in [6, 6.07) is 3.30. The van der Waals surface area contributed by atoms with Crippen molar-refractivity contribution in [1.29, 1.82) is 0 Å². The molecule has 0 atom stereocenters. The largest absolute Gasteiger partial charge is 0.411 e. The fourth-order valence-electron chi connectivity index (χ4n) is 3.20. The highest BCUT2D eigenvalue weighted by Crippen LogP contribution is 2.21. The summed E-state index contributed by atoms with van der Waals surface area (Å²) in [6.07, 6.45) is 0.196. The van der Waals surface area contributed by atoms with Gasteiger partial charge in [-0.1, -0.05) is 0 Å². The standard InChI is InChI=1S/C17H17F3N6O3/c18-17(19,20)10-29-12-3-6-24(7-4-12)15(28)11-8-21-26(9-11)16-22-14(27)13-2-1-5-25(13)23-16/h1-2,5,8-9,12H,3-4,6-7,10H2,(H,22,23,27). The fraction of sp³-hybridized carbons (Fsp3) is 0.412. The highest BCUT2D eigenvalue weighted by molar-refractivity contribution is 5.93. The van der Waals surface area contributed by atoms with Crippen LogP contribution in [0, 0.1) is 0 Å². The molecule has 154 valence electrons. The molecule has 9 nitrogen and oxygen atoms in total. The van der Waals surface area contributed by atoms with E-state index in [0.717, 1.165) is 0 Å². The number of nitrogens with one attached hydrogen (secondary N) is 1. The van der Waals surface area contributed by atoms with Crippen molar-refractivity contribution in [2.75, 3.05) is 19.7 Å². The Morgan fingerprint density at radius 2 is 2.07 bits per heavy atom. The zero-order valence-electron chi connectivity index (χ0n) is 15.1. The Balaban J connectivity index is 1.42. The van der Waals surface area contributed by atoms with Crippen molar-refractivity contribution in [3.05, 3.63) is 46.6 Å². The quantitative estimate of drug-likeness (QED) is 0.701. The Labute approximate surface area is 161 Å². The van der Waals surface area contributed by atoms with Crippen molar-refractivity contribution in [3.8, 4) is 5.95 Å². The number of aromatic nitrogens is 5. The number of nitrogens with zero attached hydrogens (tertiary/aromatic N) is 5. The predicted molar refractivity (Wildman–Crippen MR) is 93.9 cm³/mol. The van der Waals surface area contributed by atoms with Crippen molar-refractivity contribution in [3.63, 3.8) is 0 Å². The molecule has 1 fully saturated rings. The molecule has 3 aromatic rings. The number of hydrogen-bond donors (Lipinski definition) is 1. The zero-order valence-corrected chi connectivity index (χ0v) is 15.1. The van der Waals surface area contributed by atoms with E-state index in [1.54, 1.807) is 23.2 Å². The van der Waals surface area contributed by atoms with Crippen molar-refractivity contribution >= 4 is 11.4 Å². The predicted octanol–water partition coefficient (Wildman–Crippen LogP) is 1.39. The summed E-state index contributed by atoms with van der Waals surface area (Å²) in [5.74, 6) is -0.146. The Hall–Kier alpha value is -3.15. The molecular formula is C17H17F3N6O3. The molecule has 0 radical (unpaired) electrons. The van der Waals surface area contributed by atoms with Crippen molar-refractivity contribution in [2.24, 2.45) is 0 Å². The van der Waals surface area contributed by atoms with Crippen molar-refractivity contribution < 1.29 is 22.7 Å². The van der Waals surface area contributed by atoms with Gasteiger partial charge in [-0.25, -0.2) is 9.20 Å². The minimum atomic E-state index is -4.36. The number of halogens is 3. The first-order valence-corrected chi connectivity index (χ1v) is 8.90. The van der Waals surface area contributed by atoms with Gasteiger partial charge in [-0.05, 0) is 25.0 Å². The smallest absolute Gasteiger partial charge is 0.369 e. The lowest BCUT2D eigenvalue weighted by Gasteiger charge is -2.31. The van der Waals surface area contributed by atoms with Crippen LogP contribution >= 0.6 is 0 Å². The highest BCUT2D eigenvalue weighted by Gasteiger charge is 2.31. The second-order valence-electron chi connectivity index (χ2n) is 6.71. The van der Waals surface area contributed by atoms with Gasteiger partial charge in [-0.3, -0.25) is 14.6 Å². The molecule has 29 heavy (non-hydrogen) atoms. The molecule has 1 amide bonds. The maximum absolute atomic E-state index is 12.7. The van der Waals surface area contributed by atoms with Gasteiger partial charge >= 0.3 is 6.18 Å². The average molecular weight is 410 g/mol. The number of carbonyl (C=O) groups excluding carboxylic acids is 1. The van der Waals surface area contributed by atoms with Gasteiger partial charge in [0.05, 0.1) is 17.9 Å². The van der Waals surface area contributed by atoms with E-state index in [-0.39, 0.29) is 36.1 Å². The summed E-state index contributed by atoms with van der Waals surface area (Å²) in [7, 11) is 0. The third kappa shape index (κ3) is 4.16. The Kier molecular flexibility index (Phi) is 4.86. The number of ether oxygens (including phenoxy) is 1. The Morgan fingerprint density at radius 1 is 1.31 bits per heavy atom. The van der Waals surface area contributed by atoms with Crippen LogP contribution in [0.25, 0.3) is 11.5 Å². The monoisotopic (exact) mass is 410 g/mol. The molecule has 0 aliphatic carbocycles. The highest BCUT2D eigenvalue weighted by atomic mass is 19.4. The number of H-pyrrole nitrogens is 1. The number of piperidine rings is 1. The lowest BCUT2D eigenvalue weighted by molar-refractivity contribution is -0.188. The first kappa shape index (κ1) is 19.2. The maximum atomic E-state index is 12.7. The van der Waals surface area contributed by atoms with Gasteiger partial charge in [0.2, 0.25) is 5.95 Å². The topological polar surface area (TPSA) is 97.5 Å². The number of aromatic amines is 1. The molecule has 0 bridgehead atoms. The molecule has 1 aliphatic heterocycles. The van der Waals surface area contributed by atoms with Gasteiger partial charge in [-0.2, -0.15) is 18.3 Å². The average Bonchev–Trinajstić information content (AvgIpc) is 3.35. The molecule has 1 saturated heterocycles. The summed E-state index contributed by atoms with van der Waals surface area (Å²) in [4.78, 5) is 28.9. The number of fused-ring (bicyclic) bond motifs is 1. The van der Waals surface area contributed by atoms with Gasteiger partial charge < -0.3 is 9.64 Å². The van der Waals surface area contributed by atoms with Crippen LogP contribution in [0.1, 0.15) is 23.2 Å². The lowest BCUT2D eigenvalue weighted by atomic mass is 10.1. The van der Waals surface area contributed by atoms with Gasteiger partial charge in [0.25, 0.3) is 11.5 Å². The minimum absolute atomic E-state index is 0.150. The van der Waals surface area contributed by atoms with E-state index >= 15 is 0 Å². The van der Waals surface area contributed by atoms with Gasteiger partial charge in [-0.15, -0.1) is 5.10 Å². The SMILES string of the molecule is O=C(c1cnn(-c2nn3cccc3c(=O)[nH]2)c1)N1CCC(OCC(F)(F)F)CC1. The van der Waals surface area contributed by atoms with Gasteiger partial charge in [0.15, 0.2) is 0 Å². The van der Waals surface area contributed by atoms with Gasteiger partial charge in [0.1, 0.15) is 12.1 Å². The summed E-state index contributed by atoms with van der Waals surface area (Å²) < 4.78 is 44.3. The van der Waals surface area contributed by atoms with Crippen LogP contribution in [-0.4, -0.2) is 67.2 Å². The lowest BCUT2D eigenvalue weighted by Crippen LogP contribution is -2.41. The number of carbonyl (C=O) groups is 1. The summed E-state index contributed by atoms with van der Waals surface area (Å²) in [5, 5.41) is 8.31. The van der Waals surface area contributed by atoms with E-state index in [9.17, 15) is 22.8 Å². The van der Waals surface area contributed by atoms with Crippen molar-refractivity contribution in [1.82, 2.24) is 29.3 Å². The second-order valence-corrected chi connectivity index (χ2v) is 6.71. The van der Waals surface area contributed by atoms with E-state index in [0.29, 0.717) is 18.4 Å². The molecule has 12 heteroatoms. The number of amides is 1. The molecule has 4 rings (SSSR count). The number of likely N-dealkylation sites (tertiary alicyclic amines) is 1. The molecule has 0 aromatic carbocycles. The zero-order chi connectivity index (χ0) is 20.6. The van der Waals surface area contributed by atoms with Crippen LogP contribution in [0.15, 0.2) is 35.5 Å². The molecule has 0 saturated carbocycles. The third-order valence-corrected chi connectivity index (χ3v) is 4.65. The number of alkyl halides is 3. The maximum Gasteiger partial charge on any atom is 0.411 e. The van der Waals surface area contributed by atoms with E-state index in [2.05, 4.69) is 15.2 Å². The molecule has 1 aliphatic rings. The first-order valence-electron chi connectivity index (χ1n) is 8.90. The number of rotatable bonds is 4. The molecule has 4 heterocycles. The summed E-state index contributed by atoms with van der Waals surface area (Å²) in [5.41, 5.74) is 0.326. The van der Waals surface area contributed by atoms with Crippen LogP contribution < -0.4 is 5.56 Å². The summed E-state index contributed by atoms with van der Waals surface area (Å²) >= 11 is 0. The Bertz CT molecular complexity index is 1080. The fourth-order valence-corrected chi connectivity index (χ4v) is 3.20. The molecule has 3 aromatic heterocycles. The van der Waals surface area contributed by atoms with Crippen LogP contribution in [0.5, 0.6) is 0 Å². The normalized spacial score (nSPS) is 15.9. The van der Waals surface area contributed by atoms with E-state index in [1.165, 1.54) is 21.6 Å². The summed E-state index contributed by atoms with van der Waals surface area (Å²) in [6.45, 7) is -0.705. The van der Waals surface area contributed by atoms with E-state index in [4.69, 9.17) is 4.74 Å². The first-order chi connectivity index (χ1) is 13.8. The molecule has 1 N–H and O–H groups in total. The Morgan fingerprint density at radius 3 is 2.79 bits per heavy atom. The third-order valence-electron chi connectivity index (χ3n) is 4.65. The van der Waals surface area contributed by atoms with Crippen molar-refractivity contribution in [2.45, 2.75) is 25.1 Å². The van der Waals surface area contributed by atoms with Crippen LogP contribution in [0.2, 0.25) is 0 Å². The number of hydrogen-bond acceptors (Lipinski definition) is 5. The molecular weight excluding hydrogens is 393 g/mol. The van der Waals surface area contributed by atoms with E-state index < -0.39 is 18.9 Å². The molecule has 0 unspecified atom stereocenters. The van der Waals surface area contributed by atoms with E-state index in [1.807, 2.05) is 0 Å².